The van der Waals surface area contributed by atoms with Gasteiger partial charge < -0.3 is 4.74 Å². The number of benzene rings is 1. The van der Waals surface area contributed by atoms with Crippen molar-refractivity contribution in [2.75, 3.05) is 0 Å². The highest BCUT2D eigenvalue weighted by atomic mass is 19.1. The highest BCUT2D eigenvalue weighted by molar-refractivity contribution is 5.32. The molecule has 0 saturated heterocycles. The molecule has 0 N–H and O–H groups in total. The third-order valence-corrected chi connectivity index (χ3v) is 4.12. The molecule has 0 atom stereocenters. The lowest BCUT2D eigenvalue weighted by molar-refractivity contribution is 0.289. The SMILES string of the molecule is Cc1cc(F)ccc1OCc1ccn(C2CCCCC2)n1. The van der Waals surface area contributed by atoms with Gasteiger partial charge in [0.05, 0.1) is 11.7 Å². The van der Waals surface area contributed by atoms with Crippen LogP contribution in [0, 0.1) is 12.7 Å². The van der Waals surface area contributed by atoms with Crippen LogP contribution < -0.4 is 4.74 Å². The Balaban J connectivity index is 1.61. The predicted octanol–water partition coefficient (Wildman–Crippen LogP) is 4.41. The summed E-state index contributed by atoms with van der Waals surface area (Å²) >= 11 is 0. The summed E-state index contributed by atoms with van der Waals surface area (Å²) in [5.74, 6) is 0.477. The third-order valence-electron chi connectivity index (χ3n) is 4.12. The molecular weight excluding hydrogens is 267 g/mol. The fourth-order valence-corrected chi connectivity index (χ4v) is 2.93. The monoisotopic (exact) mass is 288 g/mol. The fourth-order valence-electron chi connectivity index (χ4n) is 2.93. The van der Waals surface area contributed by atoms with Gasteiger partial charge in [0.1, 0.15) is 18.2 Å². The van der Waals surface area contributed by atoms with Gasteiger partial charge in [0, 0.05) is 6.20 Å². The van der Waals surface area contributed by atoms with Crippen molar-refractivity contribution in [1.82, 2.24) is 9.78 Å². The van der Waals surface area contributed by atoms with E-state index in [9.17, 15) is 4.39 Å². The zero-order chi connectivity index (χ0) is 14.7. The lowest BCUT2D eigenvalue weighted by Gasteiger charge is -2.21. The second-order valence-electron chi connectivity index (χ2n) is 5.78. The molecule has 0 radical (unpaired) electrons. The van der Waals surface area contributed by atoms with E-state index in [2.05, 4.69) is 9.78 Å². The molecule has 1 saturated carbocycles. The van der Waals surface area contributed by atoms with E-state index in [-0.39, 0.29) is 5.82 Å². The van der Waals surface area contributed by atoms with Gasteiger partial charge in [-0.2, -0.15) is 5.10 Å². The second kappa shape index (κ2) is 6.29. The Morgan fingerprint density at radius 1 is 1.24 bits per heavy atom. The fraction of sp³-hybridized carbons (Fsp3) is 0.471. The lowest BCUT2D eigenvalue weighted by atomic mass is 9.96. The molecule has 21 heavy (non-hydrogen) atoms. The molecule has 0 unspecified atom stereocenters. The summed E-state index contributed by atoms with van der Waals surface area (Å²) in [6.45, 7) is 2.27. The minimum absolute atomic E-state index is 0.235. The number of ether oxygens (including phenoxy) is 1. The number of hydrogen-bond donors (Lipinski definition) is 0. The predicted molar refractivity (Wildman–Crippen MR) is 79.8 cm³/mol. The van der Waals surface area contributed by atoms with Crippen LogP contribution in [0.4, 0.5) is 4.39 Å². The first kappa shape index (κ1) is 14.1. The van der Waals surface area contributed by atoms with Crippen LogP contribution in [0.15, 0.2) is 30.5 Å². The topological polar surface area (TPSA) is 27.1 Å². The van der Waals surface area contributed by atoms with E-state index in [1.807, 2.05) is 19.2 Å². The molecule has 1 aromatic carbocycles. The first-order valence-corrected chi connectivity index (χ1v) is 7.65. The molecule has 3 nitrogen and oxygen atoms in total. The molecule has 1 heterocycles. The van der Waals surface area contributed by atoms with E-state index in [0.717, 1.165) is 11.3 Å². The van der Waals surface area contributed by atoms with Gasteiger partial charge in [0.25, 0.3) is 0 Å². The van der Waals surface area contributed by atoms with Gasteiger partial charge in [-0.1, -0.05) is 19.3 Å². The average molecular weight is 288 g/mol. The molecule has 4 heteroatoms. The van der Waals surface area contributed by atoms with Crippen molar-refractivity contribution in [3.8, 4) is 5.75 Å². The zero-order valence-electron chi connectivity index (χ0n) is 12.4. The van der Waals surface area contributed by atoms with Crippen molar-refractivity contribution in [3.63, 3.8) is 0 Å². The molecule has 0 bridgehead atoms. The van der Waals surface area contributed by atoms with Gasteiger partial charge in [-0.3, -0.25) is 4.68 Å². The minimum atomic E-state index is -0.235. The van der Waals surface area contributed by atoms with E-state index >= 15 is 0 Å². The number of nitrogens with zero attached hydrogens (tertiary/aromatic N) is 2. The molecule has 0 spiro atoms. The van der Waals surface area contributed by atoms with Crippen LogP contribution in [-0.2, 0) is 6.61 Å². The maximum absolute atomic E-state index is 13.0. The Kier molecular flexibility index (Phi) is 4.23. The quantitative estimate of drug-likeness (QED) is 0.833. The van der Waals surface area contributed by atoms with E-state index in [1.54, 1.807) is 6.07 Å². The van der Waals surface area contributed by atoms with Crippen molar-refractivity contribution >= 4 is 0 Å². The Labute approximate surface area is 124 Å². The average Bonchev–Trinajstić information content (AvgIpc) is 2.96. The lowest BCUT2D eigenvalue weighted by Crippen LogP contribution is -2.13. The summed E-state index contributed by atoms with van der Waals surface area (Å²) in [5, 5.41) is 4.61. The molecule has 2 aromatic rings. The number of halogens is 1. The van der Waals surface area contributed by atoms with Crippen LogP contribution in [0.5, 0.6) is 5.75 Å². The minimum Gasteiger partial charge on any atom is -0.487 e. The Hall–Kier alpha value is -1.84. The van der Waals surface area contributed by atoms with Crippen molar-refractivity contribution < 1.29 is 9.13 Å². The summed E-state index contributed by atoms with van der Waals surface area (Å²) in [4.78, 5) is 0. The summed E-state index contributed by atoms with van der Waals surface area (Å²) in [7, 11) is 0. The Morgan fingerprint density at radius 2 is 2.05 bits per heavy atom. The summed E-state index contributed by atoms with van der Waals surface area (Å²) in [6, 6.07) is 7.12. The van der Waals surface area contributed by atoms with Crippen molar-refractivity contribution in [3.05, 3.63) is 47.5 Å². The van der Waals surface area contributed by atoms with E-state index in [1.165, 1.54) is 44.2 Å². The van der Waals surface area contributed by atoms with Gasteiger partial charge >= 0.3 is 0 Å². The van der Waals surface area contributed by atoms with Gasteiger partial charge in [-0.05, 0) is 49.6 Å². The van der Waals surface area contributed by atoms with Crippen LogP contribution in [0.1, 0.15) is 49.4 Å². The van der Waals surface area contributed by atoms with Crippen LogP contribution in [0.25, 0.3) is 0 Å². The molecule has 1 aliphatic rings. The van der Waals surface area contributed by atoms with Gasteiger partial charge in [-0.15, -0.1) is 0 Å². The van der Waals surface area contributed by atoms with Crippen molar-refractivity contribution in [1.29, 1.82) is 0 Å². The maximum Gasteiger partial charge on any atom is 0.132 e. The molecule has 1 aliphatic carbocycles. The molecule has 112 valence electrons. The largest absolute Gasteiger partial charge is 0.487 e. The smallest absolute Gasteiger partial charge is 0.132 e. The van der Waals surface area contributed by atoms with Gasteiger partial charge in [0.2, 0.25) is 0 Å². The summed E-state index contributed by atoms with van der Waals surface area (Å²) < 4.78 is 20.9. The Bertz CT molecular complexity index is 603. The first-order chi connectivity index (χ1) is 10.2. The molecular formula is C17H21FN2O. The summed E-state index contributed by atoms with van der Waals surface area (Å²) in [6.07, 6.45) is 8.43. The zero-order valence-corrected chi connectivity index (χ0v) is 12.4. The van der Waals surface area contributed by atoms with Crippen molar-refractivity contribution in [2.45, 2.75) is 51.7 Å². The second-order valence-corrected chi connectivity index (χ2v) is 5.78. The molecule has 0 amide bonds. The number of aryl methyl sites for hydroxylation is 1. The van der Waals surface area contributed by atoms with E-state index in [4.69, 9.17) is 4.74 Å². The number of rotatable bonds is 4. The van der Waals surface area contributed by atoms with Crippen LogP contribution in [0.3, 0.4) is 0 Å². The molecule has 3 rings (SSSR count). The van der Waals surface area contributed by atoms with E-state index in [0.29, 0.717) is 18.4 Å². The van der Waals surface area contributed by atoms with Crippen LogP contribution in [-0.4, -0.2) is 9.78 Å². The normalized spacial score (nSPS) is 16.1. The highest BCUT2D eigenvalue weighted by Gasteiger charge is 2.16. The summed E-state index contributed by atoms with van der Waals surface area (Å²) in [5.41, 5.74) is 1.73. The van der Waals surface area contributed by atoms with Crippen molar-refractivity contribution in [2.24, 2.45) is 0 Å². The van der Waals surface area contributed by atoms with Gasteiger partial charge in [-0.25, -0.2) is 4.39 Å². The molecule has 1 aromatic heterocycles. The Morgan fingerprint density at radius 3 is 2.81 bits per heavy atom. The first-order valence-electron chi connectivity index (χ1n) is 7.65. The number of hydrogen-bond acceptors (Lipinski definition) is 2. The standard InChI is InChI=1S/C17H21FN2O/c1-13-11-14(18)7-8-17(13)21-12-15-9-10-20(19-15)16-5-3-2-4-6-16/h7-11,16H,2-6,12H2,1H3. The van der Waals surface area contributed by atoms with Crippen LogP contribution in [0.2, 0.25) is 0 Å². The highest BCUT2D eigenvalue weighted by Crippen LogP contribution is 2.27. The van der Waals surface area contributed by atoms with Gasteiger partial charge in [0.15, 0.2) is 0 Å². The van der Waals surface area contributed by atoms with Crippen LogP contribution >= 0.6 is 0 Å². The molecule has 0 aliphatic heterocycles. The molecule has 1 fully saturated rings. The van der Waals surface area contributed by atoms with E-state index < -0.39 is 0 Å². The number of aromatic nitrogens is 2. The maximum atomic E-state index is 13.0. The third kappa shape index (κ3) is 3.43.